The molecule has 6 nitrogen and oxygen atoms in total. The van der Waals surface area contributed by atoms with Gasteiger partial charge < -0.3 is 14.8 Å². The Morgan fingerprint density at radius 1 is 1.15 bits per heavy atom. The van der Waals surface area contributed by atoms with Crippen LogP contribution in [0.15, 0.2) is 54.0 Å². The Morgan fingerprint density at radius 3 is 2.77 bits per heavy atom. The second-order valence-electron chi connectivity index (χ2n) is 5.54. The summed E-state index contributed by atoms with van der Waals surface area (Å²) in [5.41, 5.74) is 1.86. The quantitative estimate of drug-likeness (QED) is 0.686. The van der Waals surface area contributed by atoms with E-state index in [1.165, 1.54) is 11.3 Å². The fourth-order valence-corrected chi connectivity index (χ4v) is 2.88. The molecule has 0 aliphatic rings. The number of carbonyl (C=O) groups excluding carboxylic acids is 1. The van der Waals surface area contributed by atoms with Gasteiger partial charge in [-0.2, -0.15) is 0 Å². The molecule has 3 aromatic rings. The van der Waals surface area contributed by atoms with E-state index in [0.717, 1.165) is 22.1 Å². The first kappa shape index (κ1) is 17.9. The summed E-state index contributed by atoms with van der Waals surface area (Å²) in [5.74, 6) is 1.24. The van der Waals surface area contributed by atoms with Crippen molar-refractivity contribution in [3.8, 4) is 11.5 Å². The maximum Gasteiger partial charge on any atom is 0.412 e. The number of nitrogens with zero attached hydrogens (tertiary/aromatic N) is 2. The first-order valence-electron chi connectivity index (χ1n) is 8.18. The third-order valence-corrected chi connectivity index (χ3v) is 4.32. The molecule has 134 valence electrons. The maximum atomic E-state index is 11.7. The van der Waals surface area contributed by atoms with Crippen molar-refractivity contribution in [1.82, 2.24) is 15.3 Å². The summed E-state index contributed by atoms with van der Waals surface area (Å²) in [6, 6.07) is 12.7. The largest absolute Gasteiger partial charge is 0.485 e. The van der Waals surface area contributed by atoms with Gasteiger partial charge in [0.1, 0.15) is 23.1 Å². The third-order valence-electron chi connectivity index (χ3n) is 3.45. The van der Waals surface area contributed by atoms with Crippen LogP contribution >= 0.6 is 11.3 Å². The molecule has 0 saturated carbocycles. The molecular formula is C19H19N3O3S. The van der Waals surface area contributed by atoms with Crippen molar-refractivity contribution in [3.05, 3.63) is 70.4 Å². The normalized spacial score (nSPS) is 10.3. The van der Waals surface area contributed by atoms with E-state index in [9.17, 15) is 4.79 Å². The predicted octanol–water partition coefficient (Wildman–Crippen LogP) is 3.76. The Balaban J connectivity index is 1.39. The van der Waals surface area contributed by atoms with Crippen molar-refractivity contribution in [2.24, 2.45) is 0 Å². The van der Waals surface area contributed by atoms with Crippen molar-refractivity contribution >= 4 is 17.4 Å². The monoisotopic (exact) mass is 369 g/mol. The molecule has 26 heavy (non-hydrogen) atoms. The van der Waals surface area contributed by atoms with Gasteiger partial charge in [0, 0.05) is 24.0 Å². The highest BCUT2D eigenvalue weighted by Gasteiger charge is 2.06. The number of aryl methyl sites for hydroxylation is 1. The summed E-state index contributed by atoms with van der Waals surface area (Å²) in [4.78, 5) is 20.4. The summed E-state index contributed by atoms with van der Waals surface area (Å²) in [6.07, 6.45) is 1.86. The van der Waals surface area contributed by atoms with Crippen molar-refractivity contribution in [2.75, 3.05) is 6.54 Å². The van der Waals surface area contributed by atoms with Gasteiger partial charge >= 0.3 is 6.09 Å². The van der Waals surface area contributed by atoms with Crippen molar-refractivity contribution in [1.29, 1.82) is 0 Å². The second-order valence-corrected chi connectivity index (χ2v) is 6.48. The first-order chi connectivity index (χ1) is 12.7. The summed E-state index contributed by atoms with van der Waals surface area (Å²) in [6.45, 7) is 2.79. The number of hydrogen-bond donors (Lipinski definition) is 1. The van der Waals surface area contributed by atoms with Gasteiger partial charge in [-0.25, -0.2) is 9.78 Å². The molecule has 0 atom stereocenters. The van der Waals surface area contributed by atoms with Crippen LogP contribution in [0.5, 0.6) is 11.5 Å². The Morgan fingerprint density at radius 2 is 2.00 bits per heavy atom. The molecule has 1 aromatic carbocycles. The van der Waals surface area contributed by atoms with Gasteiger partial charge in [0.15, 0.2) is 0 Å². The summed E-state index contributed by atoms with van der Waals surface area (Å²) in [5, 5.41) is 5.57. The number of aromatic nitrogens is 2. The van der Waals surface area contributed by atoms with E-state index >= 15 is 0 Å². The molecule has 0 aliphatic heterocycles. The minimum atomic E-state index is -0.471. The van der Waals surface area contributed by atoms with E-state index in [4.69, 9.17) is 9.47 Å². The van der Waals surface area contributed by atoms with Crippen molar-refractivity contribution in [3.63, 3.8) is 0 Å². The molecule has 2 aromatic heterocycles. The summed E-state index contributed by atoms with van der Waals surface area (Å²) in [7, 11) is 0. The SMILES string of the molecule is Cc1ccc(OCc2nc(CCNC(=O)Oc3ccccc3)cs2)cn1. The number of ether oxygens (including phenoxy) is 2. The van der Waals surface area contributed by atoms with Crippen molar-refractivity contribution < 1.29 is 14.3 Å². The standard InChI is InChI=1S/C19H19N3O3S/c1-14-7-8-17(11-21-14)24-12-18-22-15(13-26-18)9-10-20-19(23)25-16-5-3-2-4-6-16/h2-8,11,13H,9-10,12H2,1H3,(H,20,23). The van der Waals surface area contributed by atoms with Crippen LogP contribution in [0.4, 0.5) is 4.79 Å². The Bertz CT molecular complexity index is 835. The lowest BCUT2D eigenvalue weighted by atomic mass is 10.3. The highest BCUT2D eigenvalue weighted by molar-refractivity contribution is 7.09. The topological polar surface area (TPSA) is 73.3 Å². The number of pyridine rings is 1. The second kappa shape index (κ2) is 8.96. The molecule has 0 radical (unpaired) electrons. The van der Waals surface area contributed by atoms with Crippen LogP contribution in [0, 0.1) is 6.92 Å². The zero-order chi connectivity index (χ0) is 18.2. The average molecular weight is 369 g/mol. The van der Waals surface area contributed by atoms with E-state index in [0.29, 0.717) is 25.3 Å². The lowest BCUT2D eigenvalue weighted by molar-refractivity contribution is 0.200. The first-order valence-corrected chi connectivity index (χ1v) is 9.06. The fourth-order valence-electron chi connectivity index (χ4n) is 2.14. The van der Waals surface area contributed by atoms with Gasteiger partial charge in [0.25, 0.3) is 0 Å². The van der Waals surface area contributed by atoms with Crippen LogP contribution in [-0.4, -0.2) is 22.6 Å². The van der Waals surface area contributed by atoms with Gasteiger partial charge in [-0.1, -0.05) is 18.2 Å². The molecule has 3 rings (SSSR count). The highest BCUT2D eigenvalue weighted by Crippen LogP contribution is 2.15. The molecule has 0 aliphatic carbocycles. The Kier molecular flexibility index (Phi) is 6.16. The van der Waals surface area contributed by atoms with Gasteiger partial charge in [0.05, 0.1) is 11.9 Å². The maximum absolute atomic E-state index is 11.7. The van der Waals surface area contributed by atoms with Crippen molar-refractivity contribution in [2.45, 2.75) is 20.0 Å². The number of nitrogens with one attached hydrogen (secondary N) is 1. The van der Waals surface area contributed by atoms with Gasteiger partial charge in [-0.3, -0.25) is 4.98 Å². The minimum absolute atomic E-state index is 0.402. The van der Waals surface area contributed by atoms with E-state index < -0.39 is 6.09 Å². The summed E-state index contributed by atoms with van der Waals surface area (Å²) < 4.78 is 10.8. The van der Waals surface area contributed by atoms with E-state index in [1.807, 2.05) is 42.6 Å². The van der Waals surface area contributed by atoms with E-state index in [2.05, 4.69) is 15.3 Å². The number of amides is 1. The number of hydrogen-bond acceptors (Lipinski definition) is 6. The minimum Gasteiger partial charge on any atom is -0.485 e. The smallest absolute Gasteiger partial charge is 0.412 e. The van der Waals surface area contributed by atoms with Gasteiger partial charge in [-0.15, -0.1) is 11.3 Å². The van der Waals surface area contributed by atoms with Gasteiger partial charge in [-0.05, 0) is 31.2 Å². The van der Waals surface area contributed by atoms with Crippen LogP contribution in [-0.2, 0) is 13.0 Å². The lowest BCUT2D eigenvalue weighted by Gasteiger charge is -2.05. The summed E-state index contributed by atoms with van der Waals surface area (Å²) >= 11 is 1.53. The fraction of sp³-hybridized carbons (Fsp3) is 0.211. The van der Waals surface area contributed by atoms with E-state index in [-0.39, 0.29) is 0 Å². The number of benzene rings is 1. The number of para-hydroxylation sites is 1. The molecule has 0 saturated heterocycles. The molecule has 0 fully saturated rings. The molecule has 7 heteroatoms. The highest BCUT2D eigenvalue weighted by atomic mass is 32.1. The molecular weight excluding hydrogens is 350 g/mol. The molecule has 1 N–H and O–H groups in total. The number of thiazole rings is 1. The molecule has 0 spiro atoms. The molecule has 1 amide bonds. The van der Waals surface area contributed by atoms with Crippen LogP contribution in [0.1, 0.15) is 16.4 Å². The molecule has 2 heterocycles. The lowest BCUT2D eigenvalue weighted by Crippen LogP contribution is -2.28. The molecule has 0 bridgehead atoms. The van der Waals surface area contributed by atoms with Gasteiger partial charge in [0.2, 0.25) is 0 Å². The Labute approximate surface area is 155 Å². The van der Waals surface area contributed by atoms with Crippen LogP contribution in [0.25, 0.3) is 0 Å². The molecule has 0 unspecified atom stereocenters. The van der Waals surface area contributed by atoms with E-state index in [1.54, 1.807) is 18.3 Å². The zero-order valence-corrected chi connectivity index (χ0v) is 15.2. The zero-order valence-electron chi connectivity index (χ0n) is 14.3. The average Bonchev–Trinajstić information content (AvgIpc) is 3.10. The third kappa shape index (κ3) is 5.56. The number of carbonyl (C=O) groups is 1. The van der Waals surface area contributed by atoms with Crippen LogP contribution < -0.4 is 14.8 Å². The number of rotatable bonds is 7. The Hall–Kier alpha value is -2.93. The van der Waals surface area contributed by atoms with Crippen LogP contribution in [0.2, 0.25) is 0 Å². The predicted molar refractivity (Wildman–Crippen MR) is 99.6 cm³/mol. The van der Waals surface area contributed by atoms with Crippen LogP contribution in [0.3, 0.4) is 0 Å².